The zero-order valence-electron chi connectivity index (χ0n) is 11.9. The summed E-state index contributed by atoms with van der Waals surface area (Å²) in [6.07, 6.45) is 1.65. The van der Waals surface area contributed by atoms with Gasteiger partial charge >= 0.3 is 0 Å². The van der Waals surface area contributed by atoms with Crippen molar-refractivity contribution in [2.24, 2.45) is 5.92 Å². The molecule has 0 unspecified atom stereocenters. The first kappa shape index (κ1) is 14.6. The van der Waals surface area contributed by atoms with E-state index in [1.807, 2.05) is 6.07 Å². The number of furan rings is 1. The highest BCUT2D eigenvalue weighted by molar-refractivity contribution is 5.24. The van der Waals surface area contributed by atoms with Gasteiger partial charge in [-0.1, -0.05) is 19.9 Å². The van der Waals surface area contributed by atoms with E-state index in [1.165, 1.54) is 12.1 Å². The smallest absolute Gasteiger partial charge is 0.126 e. The summed E-state index contributed by atoms with van der Waals surface area (Å²) in [5, 5.41) is 3.33. The molecule has 0 aliphatic carbocycles. The number of ether oxygens (including phenoxy) is 1. The second kappa shape index (κ2) is 7.10. The van der Waals surface area contributed by atoms with E-state index in [-0.39, 0.29) is 5.82 Å². The number of nitrogens with one attached hydrogen (secondary N) is 1. The molecule has 108 valence electrons. The van der Waals surface area contributed by atoms with Crippen LogP contribution in [-0.2, 0) is 13.2 Å². The first-order valence-corrected chi connectivity index (χ1v) is 6.79. The Morgan fingerprint density at radius 1 is 1.30 bits per heavy atom. The summed E-state index contributed by atoms with van der Waals surface area (Å²) in [6, 6.07) is 8.01. The van der Waals surface area contributed by atoms with Gasteiger partial charge in [0, 0.05) is 11.6 Å². The molecule has 0 amide bonds. The molecule has 0 bridgehead atoms. The monoisotopic (exact) mass is 277 g/mol. The minimum absolute atomic E-state index is 0.298. The molecule has 1 aromatic carbocycles. The molecule has 20 heavy (non-hydrogen) atoms. The van der Waals surface area contributed by atoms with E-state index in [1.54, 1.807) is 18.4 Å². The van der Waals surface area contributed by atoms with Gasteiger partial charge in [-0.3, -0.25) is 0 Å². The lowest BCUT2D eigenvalue weighted by Crippen LogP contribution is -2.19. The van der Waals surface area contributed by atoms with Crippen molar-refractivity contribution in [2.75, 3.05) is 6.54 Å². The van der Waals surface area contributed by atoms with Crippen LogP contribution in [0.1, 0.15) is 25.2 Å². The molecule has 0 atom stereocenters. The van der Waals surface area contributed by atoms with Gasteiger partial charge in [0.1, 0.15) is 23.9 Å². The SMILES string of the molecule is CC(C)CNCc1occc1COc1cccc(F)c1. The van der Waals surface area contributed by atoms with Crippen LogP contribution in [0.15, 0.2) is 41.0 Å². The topological polar surface area (TPSA) is 34.4 Å². The van der Waals surface area contributed by atoms with Crippen molar-refractivity contribution in [3.8, 4) is 5.75 Å². The maximum absolute atomic E-state index is 13.0. The molecule has 1 aromatic heterocycles. The van der Waals surface area contributed by atoms with Crippen LogP contribution < -0.4 is 10.1 Å². The minimum atomic E-state index is -0.298. The molecular weight excluding hydrogens is 257 g/mol. The third-order valence-corrected chi connectivity index (χ3v) is 2.87. The van der Waals surface area contributed by atoms with Gasteiger partial charge in [-0.05, 0) is 30.7 Å². The lowest BCUT2D eigenvalue weighted by Gasteiger charge is -2.08. The molecule has 0 saturated heterocycles. The Kier molecular flexibility index (Phi) is 5.18. The molecule has 0 saturated carbocycles. The quantitative estimate of drug-likeness (QED) is 0.837. The zero-order valence-corrected chi connectivity index (χ0v) is 11.9. The summed E-state index contributed by atoms with van der Waals surface area (Å²) in [7, 11) is 0. The van der Waals surface area contributed by atoms with Gasteiger partial charge in [0.2, 0.25) is 0 Å². The molecule has 1 heterocycles. The van der Waals surface area contributed by atoms with Crippen molar-refractivity contribution in [3.63, 3.8) is 0 Å². The maximum Gasteiger partial charge on any atom is 0.126 e. The van der Waals surface area contributed by atoms with Gasteiger partial charge in [-0.2, -0.15) is 0 Å². The Balaban J connectivity index is 1.88. The van der Waals surface area contributed by atoms with Crippen LogP contribution in [-0.4, -0.2) is 6.54 Å². The number of benzene rings is 1. The van der Waals surface area contributed by atoms with E-state index in [4.69, 9.17) is 9.15 Å². The fraction of sp³-hybridized carbons (Fsp3) is 0.375. The van der Waals surface area contributed by atoms with Crippen LogP contribution in [0, 0.1) is 11.7 Å². The van der Waals surface area contributed by atoms with Crippen LogP contribution in [0.3, 0.4) is 0 Å². The Labute approximate surface area is 118 Å². The highest BCUT2D eigenvalue weighted by Crippen LogP contribution is 2.17. The summed E-state index contributed by atoms with van der Waals surface area (Å²) in [4.78, 5) is 0. The summed E-state index contributed by atoms with van der Waals surface area (Å²) >= 11 is 0. The lowest BCUT2D eigenvalue weighted by molar-refractivity contribution is 0.299. The number of hydrogen-bond donors (Lipinski definition) is 1. The average Bonchev–Trinajstić information content (AvgIpc) is 2.84. The molecule has 0 radical (unpaired) electrons. The fourth-order valence-electron chi connectivity index (χ4n) is 1.84. The van der Waals surface area contributed by atoms with E-state index in [2.05, 4.69) is 19.2 Å². The molecule has 1 N–H and O–H groups in total. The molecule has 0 aliphatic rings. The Bertz CT molecular complexity index is 537. The fourth-order valence-corrected chi connectivity index (χ4v) is 1.84. The summed E-state index contributed by atoms with van der Waals surface area (Å²) in [6.45, 7) is 6.29. The summed E-state index contributed by atoms with van der Waals surface area (Å²) < 4.78 is 24.1. The van der Waals surface area contributed by atoms with E-state index >= 15 is 0 Å². The summed E-state index contributed by atoms with van der Waals surface area (Å²) in [5.41, 5.74) is 0.977. The van der Waals surface area contributed by atoms with Gasteiger partial charge in [0.25, 0.3) is 0 Å². The Morgan fingerprint density at radius 2 is 2.15 bits per heavy atom. The molecular formula is C16H20FNO2. The molecule has 0 spiro atoms. The van der Waals surface area contributed by atoms with Crippen LogP contribution in [0.5, 0.6) is 5.75 Å². The van der Waals surface area contributed by atoms with E-state index in [0.717, 1.165) is 17.9 Å². The van der Waals surface area contributed by atoms with E-state index in [0.29, 0.717) is 24.8 Å². The van der Waals surface area contributed by atoms with Crippen molar-refractivity contribution >= 4 is 0 Å². The van der Waals surface area contributed by atoms with E-state index in [9.17, 15) is 4.39 Å². The van der Waals surface area contributed by atoms with Crippen LogP contribution >= 0.6 is 0 Å². The minimum Gasteiger partial charge on any atom is -0.489 e. The molecule has 2 aromatic rings. The standard InChI is InChI=1S/C16H20FNO2/c1-12(2)9-18-10-16-13(6-7-19-16)11-20-15-5-3-4-14(17)8-15/h3-8,12,18H,9-11H2,1-2H3. The van der Waals surface area contributed by atoms with Gasteiger partial charge in [-0.15, -0.1) is 0 Å². The normalized spacial score (nSPS) is 11.0. The molecule has 4 heteroatoms. The largest absolute Gasteiger partial charge is 0.489 e. The van der Waals surface area contributed by atoms with Crippen LogP contribution in [0.2, 0.25) is 0 Å². The number of rotatable bonds is 7. The predicted octanol–water partition coefficient (Wildman–Crippen LogP) is 3.74. The maximum atomic E-state index is 13.0. The predicted molar refractivity (Wildman–Crippen MR) is 76.0 cm³/mol. The number of halogens is 1. The van der Waals surface area contributed by atoms with Crippen molar-refractivity contribution < 1.29 is 13.5 Å². The van der Waals surface area contributed by atoms with Crippen LogP contribution in [0.4, 0.5) is 4.39 Å². The van der Waals surface area contributed by atoms with Gasteiger partial charge < -0.3 is 14.5 Å². The van der Waals surface area contributed by atoms with Gasteiger partial charge in [-0.25, -0.2) is 4.39 Å². The summed E-state index contributed by atoms with van der Waals surface area (Å²) in [5.74, 6) is 1.68. The lowest BCUT2D eigenvalue weighted by atomic mass is 10.2. The van der Waals surface area contributed by atoms with Crippen molar-refractivity contribution in [2.45, 2.75) is 27.0 Å². The Hall–Kier alpha value is -1.81. The Morgan fingerprint density at radius 3 is 2.90 bits per heavy atom. The first-order chi connectivity index (χ1) is 9.65. The molecule has 0 aliphatic heterocycles. The number of hydrogen-bond acceptors (Lipinski definition) is 3. The third kappa shape index (κ3) is 4.38. The van der Waals surface area contributed by atoms with Crippen molar-refractivity contribution in [1.82, 2.24) is 5.32 Å². The second-order valence-corrected chi connectivity index (χ2v) is 5.14. The highest BCUT2D eigenvalue weighted by atomic mass is 19.1. The first-order valence-electron chi connectivity index (χ1n) is 6.79. The van der Waals surface area contributed by atoms with Crippen LogP contribution in [0.25, 0.3) is 0 Å². The van der Waals surface area contributed by atoms with Gasteiger partial charge in [0.15, 0.2) is 0 Å². The highest BCUT2D eigenvalue weighted by Gasteiger charge is 2.07. The van der Waals surface area contributed by atoms with Gasteiger partial charge in [0.05, 0.1) is 12.8 Å². The third-order valence-electron chi connectivity index (χ3n) is 2.87. The second-order valence-electron chi connectivity index (χ2n) is 5.14. The molecule has 0 fully saturated rings. The molecule has 3 nitrogen and oxygen atoms in total. The average molecular weight is 277 g/mol. The zero-order chi connectivity index (χ0) is 14.4. The van der Waals surface area contributed by atoms with Crippen molar-refractivity contribution in [1.29, 1.82) is 0 Å². The molecule has 2 rings (SSSR count). The van der Waals surface area contributed by atoms with E-state index < -0.39 is 0 Å². The van der Waals surface area contributed by atoms with Crippen molar-refractivity contribution in [3.05, 3.63) is 53.7 Å².